The molecule has 2 aromatic rings. The van der Waals surface area contributed by atoms with Crippen molar-refractivity contribution in [3.8, 4) is 17.2 Å². The molecule has 0 saturated carbocycles. The first kappa shape index (κ1) is 36.2. The first-order valence-corrected chi connectivity index (χ1v) is 14.5. The summed E-state index contributed by atoms with van der Waals surface area (Å²) in [6.45, 7) is -2.66. The number of fused-ring (bicyclic) bond motifs is 2. The Labute approximate surface area is 283 Å². The molecule has 1 fully saturated rings. The number of nitrogens with zero attached hydrogens (tertiary/aromatic N) is 5. The molecule has 0 spiro atoms. The van der Waals surface area contributed by atoms with Crippen LogP contribution in [0.3, 0.4) is 0 Å². The van der Waals surface area contributed by atoms with Crippen LogP contribution in [0.25, 0.3) is 0 Å². The van der Waals surface area contributed by atoms with Gasteiger partial charge in [0.15, 0.2) is 23.7 Å². The second-order valence-corrected chi connectivity index (χ2v) is 10.6. The highest BCUT2D eigenvalue weighted by molar-refractivity contribution is 6.07. The summed E-state index contributed by atoms with van der Waals surface area (Å²) in [5, 5.41) is 10.3. The lowest BCUT2D eigenvalue weighted by atomic mass is 10.2. The molecule has 0 radical (unpaired) electrons. The zero-order valence-electron chi connectivity index (χ0n) is 27.7. The van der Waals surface area contributed by atoms with Gasteiger partial charge in [0.25, 0.3) is 0 Å². The van der Waals surface area contributed by atoms with E-state index in [0.29, 0.717) is 4.90 Å². The maximum atomic E-state index is 13.9. The first-order chi connectivity index (χ1) is 24.7. The molecule has 2 aliphatic heterocycles. The van der Waals surface area contributed by atoms with Gasteiger partial charge in [-0.3, -0.25) is 19.1 Å². The summed E-state index contributed by atoms with van der Waals surface area (Å²) >= 11 is 0. The van der Waals surface area contributed by atoms with Crippen LogP contribution in [0.1, 0.15) is 28.2 Å². The smallest absolute Gasteiger partial charge is 0.491 e. The van der Waals surface area contributed by atoms with Gasteiger partial charge in [0.2, 0.25) is 0 Å². The summed E-state index contributed by atoms with van der Waals surface area (Å²) in [6, 6.07) is 3.44. The molecule has 3 heterocycles. The Morgan fingerprint density at radius 1 is 1.16 bits per heavy atom. The maximum Gasteiger partial charge on any atom is 0.573 e. The Balaban J connectivity index is 1.53. The summed E-state index contributed by atoms with van der Waals surface area (Å²) in [7, 11) is -1.71. The fraction of sp³-hybridized carbons (Fsp3) is 0.536. The van der Waals surface area contributed by atoms with Gasteiger partial charge in [0, 0.05) is 33.1 Å². The molecular weight excluding hydrogens is 721 g/mol. The molecule has 51 heavy (non-hydrogen) atoms. The largest absolute Gasteiger partial charge is 0.573 e. The fourth-order valence-corrected chi connectivity index (χ4v) is 4.92. The zero-order chi connectivity index (χ0) is 39.3. The Morgan fingerprint density at radius 3 is 2.55 bits per heavy atom. The van der Waals surface area contributed by atoms with Crippen molar-refractivity contribution in [2.75, 3.05) is 44.8 Å². The number of aliphatic hydroxyl groups excluding tert-OH is 1. The van der Waals surface area contributed by atoms with Crippen LogP contribution >= 0.6 is 0 Å². The molecule has 1 aromatic heterocycles. The van der Waals surface area contributed by atoms with Crippen molar-refractivity contribution < 1.29 is 80.6 Å². The van der Waals surface area contributed by atoms with E-state index in [0.717, 1.165) is 22.9 Å². The molecule has 2 amide bonds. The maximum absolute atomic E-state index is 13.9. The van der Waals surface area contributed by atoms with Crippen LogP contribution in [0, 0.1) is 0 Å². The molecule has 1 saturated heterocycles. The van der Waals surface area contributed by atoms with E-state index in [1.165, 1.54) is 6.07 Å². The minimum absolute atomic E-state index is 0.00136. The number of para-hydroxylation sites is 1. The van der Waals surface area contributed by atoms with Crippen LogP contribution in [-0.2, 0) is 23.8 Å². The Kier molecular flexibility index (Phi) is 11.1. The van der Waals surface area contributed by atoms with E-state index in [1.54, 1.807) is 0 Å². The minimum atomic E-state index is -5.56. The monoisotopic (exact) mass is 752 g/mol. The van der Waals surface area contributed by atoms with Crippen LogP contribution in [0.15, 0.2) is 34.2 Å². The molecule has 4 rings (SSSR count). The SMILES string of the molecule is [2H]C([3H])OC[C@H]1O[C@@H](n2cc3c(nc2=O)N(C(=O)C(F)(F)F)c2c(OCCCN(CCCN=COC(F)(F)F)C(=O)C(F)(F)F)cccc2O3)C[C@H]1O. The van der Waals surface area contributed by atoms with Crippen LogP contribution < -0.4 is 20.1 Å². The van der Waals surface area contributed by atoms with Crippen molar-refractivity contribution in [2.45, 2.75) is 56.4 Å². The van der Waals surface area contributed by atoms with Gasteiger partial charge < -0.3 is 33.7 Å². The standard InChI is InChI=1S/C28H28F9N5O9/c1-47-13-19-15(43)11-20(51-19)41-12-18-22(39-25(41)46)42(24(45)27(32,33)34)21-16(5-2-6-17(21)50-18)48-10-4-9-40(23(44)26(29,30)31)8-3-7-38-14-49-28(35,36)37/h2,5-6,12,14-15,19-20,43H,3-4,7-11,13H2,1H3/t15-,19-,20-/m1/s1/i1TD/t1?,15-,19-,20-. The lowest BCUT2D eigenvalue weighted by Crippen LogP contribution is -2.42. The number of carbonyl (C=O) groups excluding carboxylic acids is 2. The highest BCUT2D eigenvalue weighted by Gasteiger charge is 2.49. The molecule has 14 nitrogen and oxygen atoms in total. The summed E-state index contributed by atoms with van der Waals surface area (Å²) in [4.78, 5) is 44.9. The van der Waals surface area contributed by atoms with Gasteiger partial charge in [-0.05, 0) is 25.0 Å². The number of carbonyl (C=O) groups is 2. The normalized spacial score (nSPS) is 20.2. The summed E-state index contributed by atoms with van der Waals surface area (Å²) in [5.74, 6) is -7.19. The number of anilines is 2. The number of rotatable bonds is 13. The number of ether oxygens (including phenoxy) is 5. The molecular formula is C28H28F9N5O9. The van der Waals surface area contributed by atoms with Gasteiger partial charge >= 0.3 is 36.2 Å². The average Bonchev–Trinajstić information content (AvgIpc) is 3.42. The highest BCUT2D eigenvalue weighted by Crippen LogP contribution is 2.51. The first-order valence-electron chi connectivity index (χ1n) is 15.7. The number of hydrogen-bond acceptors (Lipinski definition) is 11. The van der Waals surface area contributed by atoms with Crippen LogP contribution in [0.5, 0.6) is 17.2 Å². The van der Waals surface area contributed by atoms with E-state index in [1.807, 2.05) is 0 Å². The zero-order valence-corrected chi connectivity index (χ0v) is 25.7. The molecule has 23 heteroatoms. The van der Waals surface area contributed by atoms with Crippen molar-refractivity contribution in [3.05, 3.63) is 34.9 Å². The lowest BCUT2D eigenvalue weighted by molar-refractivity contribution is -0.280. The number of halogens is 9. The van der Waals surface area contributed by atoms with E-state index >= 15 is 0 Å². The van der Waals surface area contributed by atoms with Gasteiger partial charge in [0.1, 0.15) is 23.8 Å². The number of benzene rings is 1. The van der Waals surface area contributed by atoms with E-state index < -0.39 is 123 Å². The summed E-state index contributed by atoms with van der Waals surface area (Å²) < 4.78 is 157. The number of hydrogen-bond donors (Lipinski definition) is 1. The number of aliphatic hydroxyl groups is 1. The second-order valence-electron chi connectivity index (χ2n) is 10.6. The van der Waals surface area contributed by atoms with Crippen LogP contribution in [-0.4, -0.2) is 109 Å². The summed E-state index contributed by atoms with van der Waals surface area (Å²) in [5.41, 5.74) is -1.93. The van der Waals surface area contributed by atoms with Crippen molar-refractivity contribution in [2.24, 2.45) is 4.99 Å². The molecule has 4 atom stereocenters. The molecule has 1 unspecified atom stereocenters. The van der Waals surface area contributed by atoms with Crippen molar-refractivity contribution in [1.82, 2.24) is 14.5 Å². The highest BCUT2D eigenvalue weighted by atomic mass is 19.4. The molecule has 1 N–H and O–H groups in total. The van der Waals surface area contributed by atoms with E-state index in [2.05, 4.69) is 14.7 Å². The van der Waals surface area contributed by atoms with Gasteiger partial charge in [-0.25, -0.2) is 9.69 Å². The number of amides is 2. The molecule has 1 aromatic carbocycles. The number of methoxy groups -OCH3 is 1. The Hall–Kier alpha value is -4.64. The number of aromatic nitrogens is 2. The third kappa shape index (κ3) is 9.78. The van der Waals surface area contributed by atoms with Gasteiger partial charge in [0.05, 0.1) is 28.3 Å². The van der Waals surface area contributed by atoms with E-state index in [-0.39, 0.29) is 30.6 Å². The molecule has 2 aliphatic rings. The second kappa shape index (κ2) is 15.7. The predicted octanol–water partition coefficient (Wildman–Crippen LogP) is 3.99. The van der Waals surface area contributed by atoms with E-state index in [9.17, 15) is 59.0 Å². The molecule has 282 valence electrons. The van der Waals surface area contributed by atoms with Crippen molar-refractivity contribution in [3.63, 3.8) is 0 Å². The average molecular weight is 753 g/mol. The van der Waals surface area contributed by atoms with Gasteiger partial charge in [-0.2, -0.15) is 31.3 Å². The van der Waals surface area contributed by atoms with Crippen LogP contribution in [0.4, 0.5) is 51.0 Å². The quantitative estimate of drug-likeness (QED) is 0.138. The van der Waals surface area contributed by atoms with E-state index in [4.69, 9.17) is 21.7 Å². The minimum Gasteiger partial charge on any atom is -0.491 e. The number of alkyl halides is 9. The third-order valence-corrected chi connectivity index (χ3v) is 7.07. The topological polar surface area (TPSA) is 154 Å². The lowest BCUT2D eigenvalue weighted by Gasteiger charge is -2.32. The van der Waals surface area contributed by atoms with Gasteiger partial charge in [-0.1, -0.05) is 6.07 Å². The Morgan fingerprint density at radius 2 is 1.88 bits per heavy atom. The molecule has 0 aliphatic carbocycles. The Bertz CT molecular complexity index is 1710. The predicted molar refractivity (Wildman–Crippen MR) is 152 cm³/mol. The van der Waals surface area contributed by atoms with Crippen molar-refractivity contribution >= 4 is 29.7 Å². The fourth-order valence-electron chi connectivity index (χ4n) is 4.92. The number of aliphatic imine (C=N–C) groups is 1. The molecule has 0 bridgehead atoms. The third-order valence-electron chi connectivity index (χ3n) is 7.07. The summed E-state index contributed by atoms with van der Waals surface area (Å²) in [6.07, 6.45) is -19.5. The van der Waals surface area contributed by atoms with Gasteiger partial charge in [-0.15, -0.1) is 13.2 Å². The van der Waals surface area contributed by atoms with Crippen LogP contribution in [0.2, 0.25) is 0 Å². The van der Waals surface area contributed by atoms with Crippen molar-refractivity contribution in [1.29, 1.82) is 0 Å².